The van der Waals surface area contributed by atoms with Crippen LogP contribution in [0.5, 0.6) is 0 Å². The number of aromatic nitrogens is 1. The van der Waals surface area contributed by atoms with Crippen molar-refractivity contribution in [1.29, 1.82) is 0 Å². The Kier molecular flexibility index (Phi) is 4.13. The summed E-state index contributed by atoms with van der Waals surface area (Å²) in [6, 6.07) is 5.37. The Morgan fingerprint density at radius 3 is 2.65 bits per heavy atom. The van der Waals surface area contributed by atoms with Crippen molar-refractivity contribution >= 4 is 0 Å². The first-order valence-corrected chi connectivity index (χ1v) is 6.56. The summed E-state index contributed by atoms with van der Waals surface area (Å²) in [7, 11) is 0. The maximum atomic E-state index is 4.10. The maximum absolute atomic E-state index is 4.10. The van der Waals surface area contributed by atoms with Crippen LogP contribution in [0.2, 0.25) is 0 Å². The van der Waals surface area contributed by atoms with Crippen LogP contribution < -0.4 is 5.32 Å². The van der Waals surface area contributed by atoms with Gasteiger partial charge in [0.05, 0.1) is 0 Å². The highest BCUT2D eigenvalue weighted by Crippen LogP contribution is 2.25. The van der Waals surface area contributed by atoms with Gasteiger partial charge in [-0.1, -0.05) is 13.8 Å². The van der Waals surface area contributed by atoms with Gasteiger partial charge >= 0.3 is 0 Å². The SMILES string of the molecule is CC(C)C1CNCCN1C(C)c1ccncc1. The number of hydrogen-bond acceptors (Lipinski definition) is 3. The largest absolute Gasteiger partial charge is 0.314 e. The zero-order valence-electron chi connectivity index (χ0n) is 11.1. The van der Waals surface area contributed by atoms with Gasteiger partial charge in [0.1, 0.15) is 0 Å². The van der Waals surface area contributed by atoms with Gasteiger partial charge in [-0.3, -0.25) is 9.88 Å². The molecule has 2 rings (SSSR count). The average Bonchev–Trinajstić information content (AvgIpc) is 2.39. The van der Waals surface area contributed by atoms with Gasteiger partial charge < -0.3 is 5.32 Å². The van der Waals surface area contributed by atoms with E-state index in [0.29, 0.717) is 18.0 Å². The molecule has 0 spiro atoms. The fraction of sp³-hybridized carbons (Fsp3) is 0.643. The molecule has 3 nitrogen and oxygen atoms in total. The van der Waals surface area contributed by atoms with Gasteiger partial charge in [0.2, 0.25) is 0 Å². The molecule has 1 aliphatic heterocycles. The predicted molar refractivity (Wildman–Crippen MR) is 70.9 cm³/mol. The number of hydrogen-bond donors (Lipinski definition) is 1. The van der Waals surface area contributed by atoms with E-state index >= 15 is 0 Å². The van der Waals surface area contributed by atoms with Crippen molar-refractivity contribution in [3.05, 3.63) is 30.1 Å². The fourth-order valence-electron chi connectivity index (χ4n) is 2.67. The lowest BCUT2D eigenvalue weighted by Crippen LogP contribution is -2.54. The first-order chi connectivity index (χ1) is 8.20. The fourth-order valence-corrected chi connectivity index (χ4v) is 2.67. The summed E-state index contributed by atoms with van der Waals surface area (Å²) in [6.45, 7) is 10.3. The van der Waals surface area contributed by atoms with E-state index in [1.54, 1.807) is 0 Å². The minimum Gasteiger partial charge on any atom is -0.314 e. The number of piperazine rings is 1. The number of nitrogens with zero attached hydrogens (tertiary/aromatic N) is 2. The van der Waals surface area contributed by atoms with E-state index in [0.717, 1.165) is 19.6 Å². The topological polar surface area (TPSA) is 28.2 Å². The number of rotatable bonds is 3. The molecule has 1 aromatic rings. The first-order valence-electron chi connectivity index (χ1n) is 6.56. The number of nitrogens with one attached hydrogen (secondary N) is 1. The monoisotopic (exact) mass is 233 g/mol. The second kappa shape index (κ2) is 5.61. The van der Waals surface area contributed by atoms with E-state index in [9.17, 15) is 0 Å². The van der Waals surface area contributed by atoms with Crippen LogP contribution in [-0.2, 0) is 0 Å². The highest BCUT2D eigenvalue weighted by atomic mass is 15.2. The first kappa shape index (κ1) is 12.5. The van der Waals surface area contributed by atoms with Crippen molar-refractivity contribution < 1.29 is 0 Å². The summed E-state index contributed by atoms with van der Waals surface area (Å²) in [4.78, 5) is 6.72. The van der Waals surface area contributed by atoms with Crippen molar-refractivity contribution in [3.63, 3.8) is 0 Å². The van der Waals surface area contributed by atoms with E-state index in [1.807, 2.05) is 12.4 Å². The quantitative estimate of drug-likeness (QED) is 0.866. The van der Waals surface area contributed by atoms with Crippen LogP contribution in [0.15, 0.2) is 24.5 Å². The zero-order chi connectivity index (χ0) is 12.3. The summed E-state index contributed by atoms with van der Waals surface area (Å²) >= 11 is 0. The molecule has 0 amide bonds. The maximum Gasteiger partial charge on any atom is 0.0325 e. The minimum atomic E-state index is 0.479. The van der Waals surface area contributed by atoms with Gasteiger partial charge in [0.15, 0.2) is 0 Å². The van der Waals surface area contributed by atoms with Crippen molar-refractivity contribution in [2.45, 2.75) is 32.9 Å². The summed E-state index contributed by atoms with van der Waals surface area (Å²) in [5, 5.41) is 3.50. The third-order valence-corrected chi connectivity index (χ3v) is 3.78. The van der Waals surface area contributed by atoms with Gasteiger partial charge in [0.25, 0.3) is 0 Å². The lowest BCUT2D eigenvalue weighted by molar-refractivity contribution is 0.0843. The Morgan fingerprint density at radius 1 is 1.29 bits per heavy atom. The van der Waals surface area contributed by atoms with Gasteiger partial charge in [-0.2, -0.15) is 0 Å². The summed E-state index contributed by atoms with van der Waals surface area (Å²) in [5.74, 6) is 0.687. The van der Waals surface area contributed by atoms with Gasteiger partial charge in [-0.05, 0) is 30.5 Å². The van der Waals surface area contributed by atoms with Gasteiger partial charge in [0, 0.05) is 44.1 Å². The van der Waals surface area contributed by atoms with Crippen LogP contribution in [0.25, 0.3) is 0 Å². The highest BCUT2D eigenvalue weighted by Gasteiger charge is 2.28. The summed E-state index contributed by atoms with van der Waals surface area (Å²) in [6.07, 6.45) is 3.77. The third-order valence-electron chi connectivity index (χ3n) is 3.78. The van der Waals surface area contributed by atoms with Crippen molar-refractivity contribution in [2.24, 2.45) is 5.92 Å². The molecule has 1 aromatic heterocycles. The zero-order valence-corrected chi connectivity index (χ0v) is 11.1. The Labute approximate surface area is 104 Å². The van der Waals surface area contributed by atoms with Crippen molar-refractivity contribution in [3.8, 4) is 0 Å². The lowest BCUT2D eigenvalue weighted by atomic mass is 9.97. The summed E-state index contributed by atoms with van der Waals surface area (Å²) < 4.78 is 0. The van der Waals surface area contributed by atoms with Crippen LogP contribution in [0.1, 0.15) is 32.4 Å². The van der Waals surface area contributed by atoms with Crippen molar-refractivity contribution in [2.75, 3.05) is 19.6 Å². The van der Waals surface area contributed by atoms with E-state index in [-0.39, 0.29) is 0 Å². The normalized spacial score (nSPS) is 23.9. The highest BCUT2D eigenvalue weighted by molar-refractivity contribution is 5.15. The molecule has 2 atom stereocenters. The smallest absolute Gasteiger partial charge is 0.0325 e. The molecule has 2 heterocycles. The molecule has 1 aliphatic rings. The standard InChI is InChI=1S/C14H23N3/c1-11(2)14-10-16-8-9-17(14)12(3)13-4-6-15-7-5-13/h4-7,11-12,14,16H,8-10H2,1-3H3. The van der Waals surface area contributed by atoms with Gasteiger partial charge in [-0.15, -0.1) is 0 Å². The van der Waals surface area contributed by atoms with E-state index in [4.69, 9.17) is 0 Å². The van der Waals surface area contributed by atoms with Crippen LogP contribution >= 0.6 is 0 Å². The van der Waals surface area contributed by atoms with E-state index < -0.39 is 0 Å². The van der Waals surface area contributed by atoms with Crippen molar-refractivity contribution in [1.82, 2.24) is 15.2 Å². The molecule has 0 saturated carbocycles. The van der Waals surface area contributed by atoms with Crippen LogP contribution in [-0.4, -0.2) is 35.6 Å². The van der Waals surface area contributed by atoms with E-state index in [2.05, 4.69) is 48.1 Å². The molecular formula is C14H23N3. The van der Waals surface area contributed by atoms with Crippen LogP contribution in [0.4, 0.5) is 0 Å². The molecule has 1 N–H and O–H groups in total. The second-order valence-electron chi connectivity index (χ2n) is 5.21. The minimum absolute atomic E-state index is 0.479. The second-order valence-corrected chi connectivity index (χ2v) is 5.21. The Morgan fingerprint density at radius 2 is 2.00 bits per heavy atom. The Balaban J connectivity index is 2.14. The molecule has 1 fully saturated rings. The molecule has 1 saturated heterocycles. The molecule has 3 heteroatoms. The lowest BCUT2D eigenvalue weighted by Gasteiger charge is -2.42. The molecule has 2 unspecified atom stereocenters. The molecule has 0 aliphatic carbocycles. The Bertz CT molecular complexity index is 337. The molecule has 17 heavy (non-hydrogen) atoms. The van der Waals surface area contributed by atoms with Crippen LogP contribution in [0.3, 0.4) is 0 Å². The molecular weight excluding hydrogens is 210 g/mol. The average molecular weight is 233 g/mol. The van der Waals surface area contributed by atoms with Gasteiger partial charge in [-0.25, -0.2) is 0 Å². The third kappa shape index (κ3) is 2.85. The molecule has 94 valence electrons. The molecule has 0 aromatic carbocycles. The molecule has 0 bridgehead atoms. The van der Waals surface area contributed by atoms with Crippen LogP contribution in [0, 0.1) is 5.92 Å². The Hall–Kier alpha value is -0.930. The summed E-state index contributed by atoms with van der Waals surface area (Å²) in [5.41, 5.74) is 1.37. The predicted octanol–water partition coefficient (Wildman–Crippen LogP) is 2.07. The molecule has 0 radical (unpaired) electrons. The van der Waals surface area contributed by atoms with E-state index in [1.165, 1.54) is 5.56 Å². The number of pyridine rings is 1.